The fraction of sp³-hybridized carbons (Fsp3) is 0.111. The fourth-order valence-corrected chi connectivity index (χ4v) is 2.84. The summed E-state index contributed by atoms with van der Waals surface area (Å²) in [5.41, 5.74) is 6.16. The van der Waals surface area contributed by atoms with Crippen LogP contribution in [0.1, 0.15) is 11.1 Å². The van der Waals surface area contributed by atoms with Crippen LogP contribution in [0.2, 0.25) is 0 Å². The van der Waals surface area contributed by atoms with E-state index in [9.17, 15) is 0 Å². The van der Waals surface area contributed by atoms with Gasteiger partial charge in [0, 0.05) is 16.8 Å². The number of hydrogen-bond donors (Lipinski definition) is 0. The van der Waals surface area contributed by atoms with E-state index in [1.165, 1.54) is 28.2 Å². The van der Waals surface area contributed by atoms with Crippen LogP contribution in [0.5, 0.6) is 0 Å². The second kappa shape index (κ2) is 5.51. The quantitative estimate of drug-likeness (QED) is 0.582. The zero-order valence-electron chi connectivity index (χ0n) is 11.7. The molecule has 0 aliphatic heterocycles. The van der Waals surface area contributed by atoms with Crippen LogP contribution in [0.25, 0.3) is 0 Å². The summed E-state index contributed by atoms with van der Waals surface area (Å²) in [4.78, 5) is 2.29. The largest absolute Gasteiger partial charge is 0.310 e. The Morgan fingerprint density at radius 3 is 1.55 bits per heavy atom. The Kier molecular flexibility index (Phi) is 3.57. The Labute approximate surface area is 124 Å². The van der Waals surface area contributed by atoms with Crippen molar-refractivity contribution in [3.05, 3.63) is 76.5 Å². The molecule has 0 aliphatic rings. The second-order valence-corrected chi connectivity index (χ2v) is 5.77. The Balaban J connectivity index is 2.09. The first kappa shape index (κ1) is 12.9. The molecule has 3 aromatic rings. The van der Waals surface area contributed by atoms with E-state index in [4.69, 9.17) is 0 Å². The van der Waals surface area contributed by atoms with Crippen molar-refractivity contribution in [3.63, 3.8) is 0 Å². The van der Waals surface area contributed by atoms with Gasteiger partial charge >= 0.3 is 0 Å². The summed E-state index contributed by atoms with van der Waals surface area (Å²) in [7, 11) is 0. The van der Waals surface area contributed by atoms with Crippen molar-refractivity contribution in [2.75, 3.05) is 4.90 Å². The average molecular weight is 279 g/mol. The molecule has 0 saturated carbocycles. The number of nitrogens with zero attached hydrogens (tertiary/aromatic N) is 1. The lowest BCUT2D eigenvalue weighted by molar-refractivity contribution is 1.28. The van der Waals surface area contributed by atoms with Crippen molar-refractivity contribution in [1.82, 2.24) is 0 Å². The van der Waals surface area contributed by atoms with Crippen molar-refractivity contribution in [2.24, 2.45) is 0 Å². The molecule has 1 heterocycles. The minimum absolute atomic E-state index is 1.19. The summed E-state index contributed by atoms with van der Waals surface area (Å²) >= 11 is 1.72. The molecule has 0 spiro atoms. The molecule has 3 rings (SSSR count). The normalized spacial score (nSPS) is 10.5. The summed E-state index contributed by atoms with van der Waals surface area (Å²) in [6.45, 7) is 4.23. The van der Waals surface area contributed by atoms with Crippen LogP contribution in [0.4, 0.5) is 17.1 Å². The van der Waals surface area contributed by atoms with Crippen molar-refractivity contribution in [2.45, 2.75) is 13.8 Å². The summed E-state index contributed by atoms with van der Waals surface area (Å²) in [5.74, 6) is 0. The van der Waals surface area contributed by atoms with Crippen LogP contribution in [-0.2, 0) is 0 Å². The van der Waals surface area contributed by atoms with E-state index < -0.39 is 0 Å². The van der Waals surface area contributed by atoms with Gasteiger partial charge in [0.1, 0.15) is 0 Å². The lowest BCUT2D eigenvalue weighted by Crippen LogP contribution is -2.08. The van der Waals surface area contributed by atoms with Crippen LogP contribution in [0, 0.1) is 13.8 Å². The third-order valence-electron chi connectivity index (χ3n) is 3.35. The topological polar surface area (TPSA) is 3.24 Å². The molecule has 2 heteroatoms. The highest BCUT2D eigenvalue weighted by Crippen LogP contribution is 2.35. The molecule has 0 aliphatic carbocycles. The molecule has 0 fully saturated rings. The van der Waals surface area contributed by atoms with Crippen molar-refractivity contribution >= 4 is 28.4 Å². The molecule has 0 bridgehead atoms. The second-order valence-electron chi connectivity index (χ2n) is 4.99. The molecule has 0 N–H and O–H groups in total. The molecule has 100 valence electrons. The van der Waals surface area contributed by atoms with E-state index in [2.05, 4.69) is 84.1 Å². The highest BCUT2D eigenvalue weighted by Gasteiger charge is 2.11. The molecule has 20 heavy (non-hydrogen) atoms. The molecule has 1 nitrogen and oxygen atoms in total. The molecule has 1 aromatic heterocycles. The van der Waals surface area contributed by atoms with Crippen molar-refractivity contribution < 1.29 is 0 Å². The van der Waals surface area contributed by atoms with Crippen LogP contribution in [-0.4, -0.2) is 0 Å². The molecule has 0 atom stereocenters. The Morgan fingerprint density at radius 1 is 0.650 bits per heavy atom. The van der Waals surface area contributed by atoms with Gasteiger partial charge in [-0.25, -0.2) is 0 Å². The Morgan fingerprint density at radius 2 is 1.15 bits per heavy atom. The third kappa shape index (κ3) is 2.61. The summed E-state index contributed by atoms with van der Waals surface area (Å²) in [5, 5.41) is 4.30. The van der Waals surface area contributed by atoms with Gasteiger partial charge in [0.05, 0.1) is 5.69 Å². The van der Waals surface area contributed by atoms with Gasteiger partial charge in [-0.2, -0.15) is 11.3 Å². The molecule has 2 aromatic carbocycles. The Bertz CT molecular complexity index is 621. The number of anilines is 3. The zero-order chi connectivity index (χ0) is 13.9. The lowest BCUT2D eigenvalue weighted by Gasteiger charge is -2.24. The molecular formula is C18H17NS. The average Bonchev–Trinajstić information content (AvgIpc) is 2.97. The van der Waals surface area contributed by atoms with Gasteiger partial charge in [0.25, 0.3) is 0 Å². The smallest absolute Gasteiger partial charge is 0.0568 e. The predicted octanol–water partition coefficient (Wildman–Crippen LogP) is 5.83. The van der Waals surface area contributed by atoms with E-state index in [1.807, 2.05) is 0 Å². The van der Waals surface area contributed by atoms with Crippen LogP contribution in [0.3, 0.4) is 0 Å². The highest BCUT2D eigenvalue weighted by atomic mass is 32.1. The maximum atomic E-state index is 2.29. The molecule has 0 amide bonds. The van der Waals surface area contributed by atoms with Gasteiger partial charge in [-0.05, 0) is 49.6 Å². The van der Waals surface area contributed by atoms with Crippen LogP contribution < -0.4 is 4.90 Å². The highest BCUT2D eigenvalue weighted by molar-refractivity contribution is 7.08. The summed E-state index contributed by atoms with van der Waals surface area (Å²) in [6, 6.07) is 19.5. The first-order valence-electron chi connectivity index (χ1n) is 6.70. The SMILES string of the molecule is Cc1ccc(N(c2ccc(C)cc2)c2ccsc2)cc1. The fourth-order valence-electron chi connectivity index (χ4n) is 2.22. The number of rotatable bonds is 3. The van der Waals surface area contributed by atoms with Gasteiger partial charge in [-0.1, -0.05) is 35.4 Å². The third-order valence-corrected chi connectivity index (χ3v) is 4.02. The van der Waals surface area contributed by atoms with E-state index in [1.54, 1.807) is 11.3 Å². The monoisotopic (exact) mass is 279 g/mol. The minimum atomic E-state index is 1.19. The van der Waals surface area contributed by atoms with E-state index in [0.717, 1.165) is 0 Å². The minimum Gasteiger partial charge on any atom is -0.310 e. The first-order valence-corrected chi connectivity index (χ1v) is 7.64. The van der Waals surface area contributed by atoms with Crippen LogP contribution >= 0.6 is 11.3 Å². The number of benzene rings is 2. The van der Waals surface area contributed by atoms with Gasteiger partial charge in [0.15, 0.2) is 0 Å². The molecular weight excluding hydrogens is 262 g/mol. The predicted molar refractivity (Wildman–Crippen MR) is 88.5 cm³/mol. The van der Waals surface area contributed by atoms with Gasteiger partial charge in [0.2, 0.25) is 0 Å². The van der Waals surface area contributed by atoms with Gasteiger partial charge < -0.3 is 4.90 Å². The lowest BCUT2D eigenvalue weighted by atomic mass is 10.1. The number of aryl methyl sites for hydroxylation is 2. The maximum Gasteiger partial charge on any atom is 0.0568 e. The van der Waals surface area contributed by atoms with E-state index in [-0.39, 0.29) is 0 Å². The standard InChI is InChI=1S/C18H17NS/c1-14-3-7-16(8-4-14)19(18-11-12-20-13-18)17-9-5-15(2)6-10-17/h3-13H,1-2H3. The molecule has 0 saturated heterocycles. The summed E-state index contributed by atoms with van der Waals surface area (Å²) < 4.78 is 0. The van der Waals surface area contributed by atoms with Crippen molar-refractivity contribution in [3.8, 4) is 0 Å². The van der Waals surface area contributed by atoms with E-state index in [0.29, 0.717) is 0 Å². The Hall–Kier alpha value is -2.06. The van der Waals surface area contributed by atoms with Gasteiger partial charge in [-0.15, -0.1) is 0 Å². The summed E-state index contributed by atoms with van der Waals surface area (Å²) in [6.07, 6.45) is 0. The number of hydrogen-bond acceptors (Lipinski definition) is 2. The van der Waals surface area contributed by atoms with Gasteiger partial charge in [-0.3, -0.25) is 0 Å². The molecule has 0 radical (unpaired) electrons. The molecule has 0 unspecified atom stereocenters. The van der Waals surface area contributed by atoms with Crippen molar-refractivity contribution in [1.29, 1.82) is 0 Å². The number of thiophene rings is 1. The maximum absolute atomic E-state index is 2.29. The first-order chi connectivity index (χ1) is 9.74. The van der Waals surface area contributed by atoms with Crippen LogP contribution in [0.15, 0.2) is 65.4 Å². The zero-order valence-corrected chi connectivity index (χ0v) is 12.5. The van der Waals surface area contributed by atoms with E-state index >= 15 is 0 Å².